The predicted molar refractivity (Wildman–Crippen MR) is 94.8 cm³/mol. The Morgan fingerprint density at radius 1 is 1.25 bits per heavy atom. The molecule has 0 unspecified atom stereocenters. The van der Waals surface area contributed by atoms with E-state index in [1.807, 2.05) is 48.5 Å². The molecule has 24 heavy (non-hydrogen) atoms. The molecule has 122 valence electrons. The molecule has 3 rings (SSSR count). The summed E-state index contributed by atoms with van der Waals surface area (Å²) in [5.74, 6) is 0. The number of amides is 2. The number of anilines is 1. The number of carbonyl (C=O) groups is 1. The molecule has 1 N–H and O–H groups in total. The normalized spacial score (nSPS) is 15.3. The van der Waals surface area contributed by atoms with E-state index in [2.05, 4.69) is 25.2 Å². The van der Waals surface area contributed by atoms with Crippen molar-refractivity contribution in [2.24, 2.45) is 0 Å². The molecule has 1 aliphatic heterocycles. The van der Waals surface area contributed by atoms with Gasteiger partial charge in [0, 0.05) is 13.1 Å². The second-order valence-electron chi connectivity index (χ2n) is 6.77. The number of rotatable bonds is 2. The Morgan fingerprint density at radius 3 is 2.71 bits per heavy atom. The van der Waals surface area contributed by atoms with Crippen molar-refractivity contribution in [3.05, 3.63) is 65.2 Å². The Morgan fingerprint density at radius 2 is 2.00 bits per heavy atom. The van der Waals surface area contributed by atoms with Gasteiger partial charge in [-0.2, -0.15) is 5.26 Å². The lowest BCUT2D eigenvalue weighted by atomic mass is 9.77. The minimum atomic E-state index is -0.120. The zero-order valence-corrected chi connectivity index (χ0v) is 14.0. The van der Waals surface area contributed by atoms with E-state index in [0.717, 1.165) is 23.2 Å². The average Bonchev–Trinajstić information content (AvgIpc) is 2.60. The van der Waals surface area contributed by atoms with Crippen LogP contribution in [0.25, 0.3) is 0 Å². The molecule has 4 nitrogen and oxygen atoms in total. The highest BCUT2D eigenvalue weighted by Gasteiger charge is 2.33. The van der Waals surface area contributed by atoms with Crippen LogP contribution in [0.1, 0.15) is 37.0 Å². The van der Waals surface area contributed by atoms with Gasteiger partial charge in [0.15, 0.2) is 0 Å². The first-order chi connectivity index (χ1) is 11.5. The van der Waals surface area contributed by atoms with E-state index in [1.165, 1.54) is 0 Å². The second kappa shape index (κ2) is 6.37. The van der Waals surface area contributed by atoms with Crippen molar-refractivity contribution in [2.75, 3.05) is 11.4 Å². The summed E-state index contributed by atoms with van der Waals surface area (Å²) in [4.78, 5) is 14.4. The summed E-state index contributed by atoms with van der Waals surface area (Å²) >= 11 is 0. The van der Waals surface area contributed by atoms with Crippen LogP contribution in [0.3, 0.4) is 0 Å². The van der Waals surface area contributed by atoms with Crippen molar-refractivity contribution in [1.82, 2.24) is 5.32 Å². The summed E-state index contributed by atoms with van der Waals surface area (Å²) in [6.45, 7) is 5.50. The lowest BCUT2D eigenvalue weighted by Gasteiger charge is -2.39. The fourth-order valence-electron chi connectivity index (χ4n) is 3.12. The monoisotopic (exact) mass is 319 g/mol. The van der Waals surface area contributed by atoms with Gasteiger partial charge in [-0.15, -0.1) is 0 Å². The molecule has 0 saturated heterocycles. The van der Waals surface area contributed by atoms with Gasteiger partial charge in [-0.05, 0) is 35.1 Å². The van der Waals surface area contributed by atoms with Crippen molar-refractivity contribution < 1.29 is 4.79 Å². The maximum absolute atomic E-state index is 12.7. The molecule has 1 heterocycles. The largest absolute Gasteiger partial charge is 0.334 e. The van der Waals surface area contributed by atoms with Crippen LogP contribution in [0.5, 0.6) is 0 Å². The number of urea groups is 1. The third kappa shape index (κ3) is 3.11. The van der Waals surface area contributed by atoms with Crippen molar-refractivity contribution >= 4 is 11.7 Å². The number of nitrogens with zero attached hydrogens (tertiary/aromatic N) is 2. The standard InChI is InChI=1S/C20H21N3O/c1-20(2)10-11-23(18-12-16(13-21)8-9-17(18)20)19(24)22-14-15-6-4-3-5-7-15/h3-9,12H,10-11,14H2,1-2H3,(H,22,24). The molecule has 0 saturated carbocycles. The molecule has 2 aromatic carbocycles. The molecule has 0 spiro atoms. The molecule has 1 aliphatic rings. The van der Waals surface area contributed by atoms with Crippen LogP contribution in [-0.2, 0) is 12.0 Å². The second-order valence-corrected chi connectivity index (χ2v) is 6.77. The number of nitriles is 1. The molecule has 2 amide bonds. The number of benzene rings is 2. The molecule has 0 aliphatic carbocycles. The maximum atomic E-state index is 12.7. The highest BCUT2D eigenvalue weighted by Crippen LogP contribution is 2.40. The Bertz CT molecular complexity index is 790. The van der Waals surface area contributed by atoms with Crippen LogP contribution in [0.2, 0.25) is 0 Å². The number of hydrogen-bond acceptors (Lipinski definition) is 2. The van der Waals surface area contributed by atoms with Gasteiger partial charge in [-0.3, -0.25) is 4.90 Å². The van der Waals surface area contributed by atoms with Gasteiger partial charge in [0.1, 0.15) is 0 Å². The third-order valence-corrected chi connectivity index (χ3v) is 4.64. The highest BCUT2D eigenvalue weighted by molar-refractivity contribution is 5.94. The summed E-state index contributed by atoms with van der Waals surface area (Å²) in [7, 11) is 0. The molecule has 2 aromatic rings. The zero-order chi connectivity index (χ0) is 17.2. The Balaban J connectivity index is 1.84. The smallest absolute Gasteiger partial charge is 0.322 e. The fourth-order valence-corrected chi connectivity index (χ4v) is 3.12. The van der Waals surface area contributed by atoms with E-state index in [0.29, 0.717) is 18.7 Å². The summed E-state index contributed by atoms with van der Waals surface area (Å²) in [5.41, 5.74) is 3.60. The van der Waals surface area contributed by atoms with Gasteiger partial charge in [-0.25, -0.2) is 4.79 Å². The van der Waals surface area contributed by atoms with Gasteiger partial charge < -0.3 is 5.32 Å². The van der Waals surface area contributed by atoms with E-state index in [4.69, 9.17) is 0 Å². The van der Waals surface area contributed by atoms with E-state index < -0.39 is 0 Å². The number of hydrogen-bond donors (Lipinski definition) is 1. The first-order valence-corrected chi connectivity index (χ1v) is 8.15. The lowest BCUT2D eigenvalue weighted by molar-refractivity contribution is 0.244. The summed E-state index contributed by atoms with van der Waals surface area (Å²) in [6.07, 6.45) is 0.894. The minimum Gasteiger partial charge on any atom is -0.334 e. The lowest BCUT2D eigenvalue weighted by Crippen LogP contribution is -2.45. The molecule has 0 aromatic heterocycles. The first kappa shape index (κ1) is 16.1. The van der Waals surface area contributed by atoms with Gasteiger partial charge in [0.25, 0.3) is 0 Å². The molecule has 0 fully saturated rings. The topological polar surface area (TPSA) is 56.1 Å². The molecular formula is C20H21N3O. The number of carbonyl (C=O) groups excluding carboxylic acids is 1. The predicted octanol–water partition coefficient (Wildman–Crippen LogP) is 3.96. The van der Waals surface area contributed by atoms with Crippen molar-refractivity contribution in [3.63, 3.8) is 0 Å². The van der Waals surface area contributed by atoms with E-state index in [1.54, 1.807) is 4.90 Å². The van der Waals surface area contributed by atoms with Gasteiger partial charge in [-0.1, -0.05) is 50.2 Å². The minimum absolute atomic E-state index is 0.000467. The van der Waals surface area contributed by atoms with Crippen LogP contribution in [0.4, 0.5) is 10.5 Å². The average molecular weight is 319 g/mol. The SMILES string of the molecule is CC1(C)CCN(C(=O)NCc2ccccc2)c2cc(C#N)ccc21. The van der Waals surface area contributed by atoms with Crippen LogP contribution in [0, 0.1) is 11.3 Å². The Labute approximate surface area is 142 Å². The van der Waals surface area contributed by atoms with Crippen LogP contribution in [0.15, 0.2) is 48.5 Å². The highest BCUT2D eigenvalue weighted by atomic mass is 16.2. The summed E-state index contributed by atoms with van der Waals surface area (Å²) < 4.78 is 0. The van der Waals surface area contributed by atoms with Crippen LogP contribution in [-0.4, -0.2) is 12.6 Å². The fraction of sp³-hybridized carbons (Fsp3) is 0.300. The maximum Gasteiger partial charge on any atom is 0.322 e. The van der Waals surface area contributed by atoms with Crippen LogP contribution < -0.4 is 10.2 Å². The number of fused-ring (bicyclic) bond motifs is 1. The van der Waals surface area contributed by atoms with Gasteiger partial charge >= 0.3 is 6.03 Å². The van der Waals surface area contributed by atoms with Crippen molar-refractivity contribution in [3.8, 4) is 6.07 Å². The van der Waals surface area contributed by atoms with Crippen molar-refractivity contribution in [1.29, 1.82) is 5.26 Å². The Kier molecular flexibility index (Phi) is 4.26. The van der Waals surface area contributed by atoms with Gasteiger partial charge in [0.2, 0.25) is 0 Å². The first-order valence-electron chi connectivity index (χ1n) is 8.15. The van der Waals surface area contributed by atoms with Crippen molar-refractivity contribution in [2.45, 2.75) is 32.2 Å². The summed E-state index contributed by atoms with van der Waals surface area (Å²) in [6, 6.07) is 17.5. The quantitative estimate of drug-likeness (QED) is 0.911. The van der Waals surface area contributed by atoms with E-state index >= 15 is 0 Å². The van der Waals surface area contributed by atoms with Crippen LogP contribution >= 0.6 is 0 Å². The van der Waals surface area contributed by atoms with E-state index in [9.17, 15) is 10.1 Å². The molecule has 0 atom stereocenters. The molecule has 0 radical (unpaired) electrons. The van der Waals surface area contributed by atoms with Gasteiger partial charge in [0.05, 0.1) is 17.3 Å². The Hall–Kier alpha value is -2.80. The molecule has 4 heteroatoms. The molecule has 0 bridgehead atoms. The summed E-state index contributed by atoms with van der Waals surface area (Å²) in [5, 5.41) is 12.2. The number of nitrogens with one attached hydrogen (secondary N) is 1. The third-order valence-electron chi connectivity index (χ3n) is 4.64. The zero-order valence-electron chi connectivity index (χ0n) is 14.0. The van der Waals surface area contributed by atoms with E-state index in [-0.39, 0.29) is 11.4 Å². The molecular weight excluding hydrogens is 298 g/mol.